The molecule has 1 amide bonds. The van der Waals surface area contributed by atoms with Crippen LogP contribution in [0.3, 0.4) is 0 Å². The second-order valence-corrected chi connectivity index (χ2v) is 7.28. The van der Waals surface area contributed by atoms with Gasteiger partial charge in [-0.2, -0.15) is 0 Å². The molecule has 0 aromatic heterocycles. The van der Waals surface area contributed by atoms with E-state index in [4.69, 9.17) is 4.74 Å². The standard InChI is InChI=1S/C24H32N4O3/c1-5-25-24(26-15-13-18-9-11-20(12-10-18)23(30)31-4)27-16-14-19-7-6-8-21(17-19)22(29)28(2)3/h6-12,17H,5,13-16H2,1-4H3,(H2,25,26,27). The molecule has 0 unspecified atom stereocenters. The molecule has 2 N–H and O–H groups in total. The van der Waals surface area contributed by atoms with Crippen molar-refractivity contribution in [3.05, 3.63) is 70.8 Å². The van der Waals surface area contributed by atoms with Crippen LogP contribution in [0, 0.1) is 0 Å². The summed E-state index contributed by atoms with van der Waals surface area (Å²) >= 11 is 0. The van der Waals surface area contributed by atoms with Crippen molar-refractivity contribution >= 4 is 17.8 Å². The summed E-state index contributed by atoms with van der Waals surface area (Å²) in [5, 5.41) is 6.59. The molecule has 0 aliphatic carbocycles. The predicted molar refractivity (Wildman–Crippen MR) is 124 cm³/mol. The highest BCUT2D eigenvalue weighted by Gasteiger charge is 2.08. The zero-order valence-corrected chi connectivity index (χ0v) is 18.8. The van der Waals surface area contributed by atoms with Crippen LogP contribution in [0.1, 0.15) is 38.8 Å². The Morgan fingerprint density at radius 2 is 1.71 bits per heavy atom. The van der Waals surface area contributed by atoms with Gasteiger partial charge in [-0.25, -0.2) is 4.79 Å². The molecule has 2 aromatic rings. The lowest BCUT2D eigenvalue weighted by Gasteiger charge is -2.13. The summed E-state index contributed by atoms with van der Waals surface area (Å²) in [6.45, 7) is 4.13. The Labute approximate surface area is 184 Å². The Balaban J connectivity index is 1.87. The smallest absolute Gasteiger partial charge is 0.337 e. The summed E-state index contributed by atoms with van der Waals surface area (Å²) in [7, 11) is 4.88. The molecule has 0 fully saturated rings. The molecule has 0 bridgehead atoms. The van der Waals surface area contributed by atoms with Crippen molar-refractivity contribution in [2.75, 3.05) is 40.8 Å². The fourth-order valence-electron chi connectivity index (χ4n) is 3.01. The third kappa shape index (κ3) is 7.77. The minimum Gasteiger partial charge on any atom is -0.465 e. The second-order valence-electron chi connectivity index (χ2n) is 7.28. The summed E-state index contributed by atoms with van der Waals surface area (Å²) in [5.41, 5.74) is 3.44. The number of methoxy groups -OCH3 is 1. The topological polar surface area (TPSA) is 83.0 Å². The molecular weight excluding hydrogens is 392 g/mol. The molecule has 7 heteroatoms. The van der Waals surface area contributed by atoms with Crippen molar-refractivity contribution in [1.29, 1.82) is 0 Å². The minimum atomic E-state index is -0.333. The zero-order valence-electron chi connectivity index (χ0n) is 18.8. The maximum Gasteiger partial charge on any atom is 0.337 e. The van der Waals surface area contributed by atoms with Gasteiger partial charge in [-0.05, 0) is 55.2 Å². The summed E-state index contributed by atoms with van der Waals surface area (Å²) in [4.78, 5) is 29.8. The number of nitrogens with one attached hydrogen (secondary N) is 2. The Morgan fingerprint density at radius 3 is 2.35 bits per heavy atom. The number of carbonyl (C=O) groups excluding carboxylic acids is 2. The Morgan fingerprint density at radius 1 is 0.968 bits per heavy atom. The number of nitrogens with zero attached hydrogens (tertiary/aromatic N) is 2. The molecule has 0 spiro atoms. The maximum absolute atomic E-state index is 12.1. The third-order valence-electron chi connectivity index (χ3n) is 4.68. The molecular formula is C24H32N4O3. The molecule has 2 aromatic carbocycles. The largest absolute Gasteiger partial charge is 0.465 e. The fraction of sp³-hybridized carbons (Fsp3) is 0.375. The quantitative estimate of drug-likeness (QED) is 0.367. The lowest BCUT2D eigenvalue weighted by Crippen LogP contribution is -2.38. The van der Waals surface area contributed by atoms with Crippen LogP contribution in [0.5, 0.6) is 0 Å². The lowest BCUT2D eigenvalue weighted by atomic mass is 10.1. The number of rotatable bonds is 9. The second kappa shape index (κ2) is 12.4. The van der Waals surface area contributed by atoms with Crippen molar-refractivity contribution in [3.63, 3.8) is 0 Å². The summed E-state index contributed by atoms with van der Waals surface area (Å²) in [6, 6.07) is 15.1. The zero-order chi connectivity index (χ0) is 22.6. The van der Waals surface area contributed by atoms with Crippen molar-refractivity contribution in [2.24, 2.45) is 4.99 Å². The molecule has 0 radical (unpaired) electrons. The van der Waals surface area contributed by atoms with Gasteiger partial charge in [0.1, 0.15) is 0 Å². The number of esters is 1. The monoisotopic (exact) mass is 424 g/mol. The van der Waals surface area contributed by atoms with Crippen LogP contribution in [0.4, 0.5) is 0 Å². The predicted octanol–water partition coefficient (Wildman–Crippen LogP) is 2.52. The van der Waals surface area contributed by atoms with Gasteiger partial charge < -0.3 is 20.3 Å². The lowest BCUT2D eigenvalue weighted by molar-refractivity contribution is 0.0600. The van der Waals surface area contributed by atoms with E-state index in [0.29, 0.717) is 24.2 Å². The molecule has 166 valence electrons. The first-order valence-corrected chi connectivity index (χ1v) is 10.4. The number of hydrogen-bond acceptors (Lipinski definition) is 4. The van der Waals surface area contributed by atoms with Gasteiger partial charge in [-0.15, -0.1) is 0 Å². The van der Waals surface area contributed by atoms with E-state index in [9.17, 15) is 9.59 Å². The summed E-state index contributed by atoms with van der Waals surface area (Å²) in [6.07, 6.45) is 1.56. The van der Waals surface area contributed by atoms with Crippen LogP contribution in [0.25, 0.3) is 0 Å². The van der Waals surface area contributed by atoms with Crippen LogP contribution in [-0.2, 0) is 17.6 Å². The van der Waals surface area contributed by atoms with Crippen molar-refractivity contribution in [1.82, 2.24) is 15.5 Å². The number of ether oxygens (including phenoxy) is 1. The first-order valence-electron chi connectivity index (χ1n) is 10.4. The van der Waals surface area contributed by atoms with E-state index in [1.807, 2.05) is 43.3 Å². The van der Waals surface area contributed by atoms with Gasteiger partial charge in [0.2, 0.25) is 0 Å². The molecule has 7 nitrogen and oxygen atoms in total. The van der Waals surface area contributed by atoms with Gasteiger partial charge in [0.25, 0.3) is 5.91 Å². The molecule has 0 saturated heterocycles. The van der Waals surface area contributed by atoms with E-state index >= 15 is 0 Å². The van der Waals surface area contributed by atoms with Crippen LogP contribution in [0.15, 0.2) is 53.5 Å². The van der Waals surface area contributed by atoms with E-state index in [0.717, 1.165) is 36.5 Å². The molecule has 2 rings (SSSR count). The van der Waals surface area contributed by atoms with E-state index in [1.54, 1.807) is 31.1 Å². The molecule has 0 saturated carbocycles. The summed E-state index contributed by atoms with van der Waals surface area (Å²) in [5.74, 6) is 0.429. The van der Waals surface area contributed by atoms with Crippen LogP contribution in [0.2, 0.25) is 0 Å². The van der Waals surface area contributed by atoms with Gasteiger partial charge in [0, 0.05) is 39.3 Å². The molecule has 0 aliphatic rings. The number of hydrogen-bond donors (Lipinski definition) is 2. The average molecular weight is 425 g/mol. The molecule has 31 heavy (non-hydrogen) atoms. The Hall–Kier alpha value is -3.35. The number of benzene rings is 2. The van der Waals surface area contributed by atoms with E-state index in [1.165, 1.54) is 7.11 Å². The number of carbonyl (C=O) groups is 2. The van der Waals surface area contributed by atoms with Gasteiger partial charge >= 0.3 is 5.97 Å². The van der Waals surface area contributed by atoms with Crippen LogP contribution >= 0.6 is 0 Å². The first kappa shape index (κ1) is 23.9. The van der Waals surface area contributed by atoms with Gasteiger partial charge in [0.15, 0.2) is 5.96 Å². The number of guanidine groups is 1. The highest BCUT2D eigenvalue weighted by atomic mass is 16.5. The Bertz CT molecular complexity index is 892. The van der Waals surface area contributed by atoms with Crippen LogP contribution in [-0.4, -0.2) is 63.6 Å². The highest BCUT2D eigenvalue weighted by Crippen LogP contribution is 2.08. The molecule has 0 heterocycles. The number of aliphatic imine (C=N–C) groups is 1. The SMILES string of the molecule is CCNC(=NCCc1ccc(C(=O)OC)cc1)NCCc1cccc(C(=O)N(C)C)c1. The van der Waals surface area contributed by atoms with E-state index in [2.05, 4.69) is 15.6 Å². The van der Waals surface area contributed by atoms with Gasteiger partial charge in [0.05, 0.1) is 12.7 Å². The minimum absolute atomic E-state index is 0.00401. The Kier molecular flexibility index (Phi) is 9.55. The third-order valence-corrected chi connectivity index (χ3v) is 4.68. The average Bonchev–Trinajstić information content (AvgIpc) is 2.78. The van der Waals surface area contributed by atoms with Crippen molar-refractivity contribution < 1.29 is 14.3 Å². The van der Waals surface area contributed by atoms with Crippen molar-refractivity contribution in [3.8, 4) is 0 Å². The summed E-state index contributed by atoms with van der Waals surface area (Å²) < 4.78 is 4.72. The first-order chi connectivity index (χ1) is 14.9. The van der Waals surface area contributed by atoms with Gasteiger partial charge in [-0.1, -0.05) is 24.3 Å². The molecule has 0 atom stereocenters. The van der Waals surface area contributed by atoms with Crippen molar-refractivity contribution in [2.45, 2.75) is 19.8 Å². The maximum atomic E-state index is 12.1. The number of amides is 1. The van der Waals surface area contributed by atoms with Crippen LogP contribution < -0.4 is 10.6 Å². The normalized spacial score (nSPS) is 11.0. The van der Waals surface area contributed by atoms with E-state index in [-0.39, 0.29) is 11.9 Å². The fourth-order valence-corrected chi connectivity index (χ4v) is 3.01. The molecule has 0 aliphatic heterocycles. The van der Waals surface area contributed by atoms with Gasteiger partial charge in [-0.3, -0.25) is 9.79 Å². The highest BCUT2D eigenvalue weighted by molar-refractivity contribution is 5.94. The van der Waals surface area contributed by atoms with E-state index < -0.39 is 0 Å².